The summed E-state index contributed by atoms with van der Waals surface area (Å²) in [5, 5.41) is 13.1. The summed E-state index contributed by atoms with van der Waals surface area (Å²) >= 11 is 12.2. The van der Waals surface area contributed by atoms with Gasteiger partial charge in [-0.1, -0.05) is 49.7 Å². The Morgan fingerprint density at radius 1 is 1.06 bits per heavy atom. The van der Waals surface area contributed by atoms with Gasteiger partial charge < -0.3 is 25.4 Å². The van der Waals surface area contributed by atoms with Gasteiger partial charge in [0.05, 0.1) is 24.6 Å². The molecule has 2 spiro atoms. The van der Waals surface area contributed by atoms with E-state index in [0.29, 0.717) is 55.2 Å². The topological polar surface area (TPSA) is 130 Å². The van der Waals surface area contributed by atoms with Crippen LogP contribution in [0.5, 0.6) is 0 Å². The number of allylic oxidation sites excluding steroid dienone is 1. The minimum atomic E-state index is -1.46. The van der Waals surface area contributed by atoms with E-state index in [1.807, 2.05) is 0 Å². The number of hydrogen-bond acceptors (Lipinski definition) is 7. The Balaban J connectivity index is 1.29. The number of carbonyl (C=O) groups is 3. The van der Waals surface area contributed by atoms with Crippen molar-refractivity contribution in [3.05, 3.63) is 52.4 Å². The van der Waals surface area contributed by atoms with Gasteiger partial charge in [-0.25, -0.2) is 9.38 Å². The van der Waals surface area contributed by atoms with Crippen LogP contribution in [0.25, 0.3) is 0 Å². The molecule has 1 aliphatic carbocycles. The van der Waals surface area contributed by atoms with Crippen LogP contribution in [-0.4, -0.2) is 73.5 Å². The fourth-order valence-corrected chi connectivity index (χ4v) is 8.63. The van der Waals surface area contributed by atoms with Gasteiger partial charge >= 0.3 is 0 Å². The summed E-state index contributed by atoms with van der Waals surface area (Å²) in [4.78, 5) is 45.5. The Kier molecular flexibility index (Phi) is 10.1. The normalized spacial score (nSPS) is 31.5. The molecule has 5 atom stereocenters. The number of amides is 3. The third kappa shape index (κ3) is 6.56. The van der Waals surface area contributed by atoms with Gasteiger partial charge in [0.1, 0.15) is 22.5 Å². The van der Waals surface area contributed by atoms with Crippen LogP contribution in [0, 0.1) is 11.3 Å². The number of ether oxygens (including phenoxy) is 2. The summed E-state index contributed by atoms with van der Waals surface area (Å²) in [6.45, 7) is 9.26. The molecule has 0 radical (unpaired) electrons. The molecule has 5 aliphatic rings. The number of halogens is 3. The minimum Gasteiger partial charge on any atom is -0.381 e. The summed E-state index contributed by atoms with van der Waals surface area (Å²) in [7, 11) is 0. The van der Waals surface area contributed by atoms with Gasteiger partial charge in [0.15, 0.2) is 0 Å². The molecule has 0 aromatic heterocycles. The molecule has 6 rings (SSSR count). The molecule has 4 N–H and O–H groups in total. The molecule has 10 nitrogen and oxygen atoms in total. The highest BCUT2D eigenvalue weighted by atomic mass is 35.5. The zero-order chi connectivity index (χ0) is 34.3. The van der Waals surface area contributed by atoms with E-state index in [4.69, 9.17) is 32.7 Å². The van der Waals surface area contributed by atoms with Gasteiger partial charge in [0, 0.05) is 41.7 Å². The van der Waals surface area contributed by atoms with Crippen molar-refractivity contribution in [3.63, 3.8) is 0 Å². The Labute approximate surface area is 290 Å². The number of nitrogens with zero attached hydrogens (tertiary/aromatic N) is 1. The van der Waals surface area contributed by atoms with Gasteiger partial charge in [-0.2, -0.15) is 0 Å². The highest BCUT2D eigenvalue weighted by molar-refractivity contribution is 6.31. The van der Waals surface area contributed by atoms with Gasteiger partial charge in [-0.3, -0.25) is 19.7 Å². The number of nitrogens with one attached hydrogen (secondary N) is 4. The Morgan fingerprint density at radius 3 is 2.44 bits per heavy atom. The lowest BCUT2D eigenvalue weighted by Gasteiger charge is -2.50. The second-order valence-electron chi connectivity index (χ2n) is 14.5. The van der Waals surface area contributed by atoms with Crippen molar-refractivity contribution in [2.75, 3.05) is 25.1 Å². The SMILES string of the molecule is C=C(Cl)N=C/C=C(\F)[C@H]1[C@H](C(=O)N[C@@H]2CC[C@@H](C(=O)NC3CCOCC3)OC2)NC2(CCC(C)(C)CC2)[C@@]12C(=O)Nc1cc(Cl)ccc12. The first-order chi connectivity index (χ1) is 22.8. The zero-order valence-electron chi connectivity index (χ0n) is 27.4. The van der Waals surface area contributed by atoms with E-state index < -0.39 is 46.8 Å². The van der Waals surface area contributed by atoms with E-state index in [0.717, 1.165) is 31.8 Å². The second kappa shape index (κ2) is 13.8. The first-order valence-corrected chi connectivity index (χ1v) is 17.5. The van der Waals surface area contributed by atoms with Crippen molar-refractivity contribution >= 4 is 52.8 Å². The molecule has 260 valence electrons. The first kappa shape index (κ1) is 35.0. The lowest BCUT2D eigenvalue weighted by Crippen LogP contribution is -2.62. The predicted octanol–water partition coefficient (Wildman–Crippen LogP) is 5.05. The van der Waals surface area contributed by atoms with Crippen LogP contribution in [0.15, 0.2) is 46.8 Å². The summed E-state index contributed by atoms with van der Waals surface area (Å²) in [6.07, 6.45) is 6.82. The molecule has 4 fully saturated rings. The second-order valence-corrected chi connectivity index (χ2v) is 15.4. The fourth-order valence-electron chi connectivity index (χ4n) is 8.40. The number of rotatable bonds is 7. The average molecular weight is 705 g/mol. The van der Waals surface area contributed by atoms with Crippen molar-refractivity contribution in [3.8, 4) is 0 Å². The molecule has 1 aromatic carbocycles. The van der Waals surface area contributed by atoms with Crippen LogP contribution in [0.1, 0.15) is 70.8 Å². The summed E-state index contributed by atoms with van der Waals surface area (Å²) in [5.74, 6) is -2.90. The smallest absolute Gasteiger partial charge is 0.249 e. The van der Waals surface area contributed by atoms with Gasteiger partial charge in [0.2, 0.25) is 17.7 Å². The minimum absolute atomic E-state index is 0.0106. The monoisotopic (exact) mass is 703 g/mol. The lowest BCUT2D eigenvalue weighted by molar-refractivity contribution is -0.138. The molecule has 1 aromatic rings. The summed E-state index contributed by atoms with van der Waals surface area (Å²) in [5.41, 5.74) is -1.28. The van der Waals surface area contributed by atoms with Crippen molar-refractivity contribution in [1.82, 2.24) is 16.0 Å². The molecule has 0 unspecified atom stereocenters. The number of benzene rings is 1. The van der Waals surface area contributed by atoms with E-state index >= 15 is 4.39 Å². The zero-order valence-corrected chi connectivity index (χ0v) is 28.9. The maximum Gasteiger partial charge on any atom is 0.249 e. The molecular weight excluding hydrogens is 660 g/mol. The molecule has 0 bridgehead atoms. The van der Waals surface area contributed by atoms with E-state index in [1.54, 1.807) is 18.2 Å². The highest BCUT2D eigenvalue weighted by Crippen LogP contribution is 2.62. The molecule has 13 heteroatoms. The number of aliphatic imine (C=N–C) groups is 1. The lowest BCUT2D eigenvalue weighted by atomic mass is 9.54. The highest BCUT2D eigenvalue weighted by Gasteiger charge is 2.73. The molecule has 3 amide bonds. The molecule has 4 heterocycles. The molecule has 1 saturated carbocycles. The van der Waals surface area contributed by atoms with Crippen LogP contribution in [0.2, 0.25) is 5.02 Å². The van der Waals surface area contributed by atoms with Crippen LogP contribution < -0.4 is 21.3 Å². The molecule has 3 saturated heterocycles. The quantitative estimate of drug-likeness (QED) is 0.232. The number of anilines is 1. The molecular formula is C35H44Cl2FN5O5. The van der Waals surface area contributed by atoms with E-state index in [-0.39, 0.29) is 35.0 Å². The van der Waals surface area contributed by atoms with Crippen molar-refractivity contribution in [2.24, 2.45) is 16.3 Å². The van der Waals surface area contributed by atoms with E-state index in [9.17, 15) is 14.4 Å². The fraction of sp³-hybridized carbons (Fsp3) is 0.600. The number of fused-ring (bicyclic) bond motifs is 3. The van der Waals surface area contributed by atoms with Gasteiger partial charge in [-0.15, -0.1) is 0 Å². The van der Waals surface area contributed by atoms with Crippen molar-refractivity contribution < 1.29 is 28.2 Å². The summed E-state index contributed by atoms with van der Waals surface area (Å²) in [6, 6.07) is 3.69. The van der Waals surface area contributed by atoms with E-state index in [1.165, 1.54) is 6.21 Å². The van der Waals surface area contributed by atoms with Crippen LogP contribution in [0.3, 0.4) is 0 Å². The Hall–Kier alpha value is -2.83. The summed E-state index contributed by atoms with van der Waals surface area (Å²) < 4.78 is 28.1. The Bertz CT molecular complexity index is 1510. The van der Waals surface area contributed by atoms with Crippen LogP contribution in [0.4, 0.5) is 10.1 Å². The van der Waals surface area contributed by atoms with Crippen LogP contribution in [-0.2, 0) is 29.3 Å². The maximum atomic E-state index is 16.8. The molecule has 48 heavy (non-hydrogen) atoms. The Morgan fingerprint density at radius 2 is 1.77 bits per heavy atom. The van der Waals surface area contributed by atoms with E-state index in [2.05, 4.69) is 46.7 Å². The van der Waals surface area contributed by atoms with Crippen molar-refractivity contribution in [2.45, 2.75) is 100 Å². The average Bonchev–Trinajstić information content (AvgIpc) is 3.51. The van der Waals surface area contributed by atoms with Gasteiger partial charge in [0.25, 0.3) is 0 Å². The maximum absolute atomic E-state index is 16.8. The number of hydrogen-bond donors (Lipinski definition) is 4. The first-order valence-electron chi connectivity index (χ1n) is 16.8. The standard InChI is InChI=1S/C35H44Cl2FN5O5/c1-20(36)39-15-8-25(38)28-29(31(45)41-23-5-7-27(48-19-23)30(44)40-22-9-16-47-17-10-22)43-34(13-11-33(2,3)12-14-34)35(28)24-6-4-21(37)18-26(24)42-32(35)46/h4,6,8,15,18,22-23,27-29,43H,1,5,7,9-14,16-17,19H2,2-3H3,(H,40,44)(H,41,45)(H,42,46)/b25-8-,39-15?/t23-,27+,28+,29-,35-/m1/s1. The number of carbonyl (C=O) groups excluding carboxylic acids is 3. The van der Waals surface area contributed by atoms with Crippen LogP contribution >= 0.6 is 23.2 Å². The molecule has 4 aliphatic heterocycles. The van der Waals surface area contributed by atoms with Gasteiger partial charge in [-0.05, 0) is 80.6 Å². The van der Waals surface area contributed by atoms with Crippen molar-refractivity contribution in [1.29, 1.82) is 0 Å². The third-order valence-electron chi connectivity index (χ3n) is 11.0. The largest absolute Gasteiger partial charge is 0.381 e. The predicted molar refractivity (Wildman–Crippen MR) is 183 cm³/mol. The third-order valence-corrected chi connectivity index (χ3v) is 11.3.